The third-order valence-corrected chi connectivity index (χ3v) is 3.64. The highest BCUT2D eigenvalue weighted by molar-refractivity contribution is 9.11. The van der Waals surface area contributed by atoms with E-state index in [1.54, 1.807) is 41.8 Å². The standard InChI is InChI=1S/C12H9BrN2OS/c13-11-6-5-10(17-11)7-15-9-3-1-8(2-4-9)12(14)16/h1-7H,(H2,14,16). The number of benzene rings is 1. The fourth-order valence-electron chi connectivity index (χ4n) is 1.25. The van der Waals surface area contributed by atoms with Gasteiger partial charge in [0.1, 0.15) is 0 Å². The first-order valence-corrected chi connectivity index (χ1v) is 6.45. The van der Waals surface area contributed by atoms with Gasteiger partial charge in [-0.15, -0.1) is 11.3 Å². The van der Waals surface area contributed by atoms with E-state index in [2.05, 4.69) is 20.9 Å². The maximum Gasteiger partial charge on any atom is 0.248 e. The molecule has 0 bridgehead atoms. The lowest BCUT2D eigenvalue weighted by molar-refractivity contribution is 0.100. The van der Waals surface area contributed by atoms with E-state index in [-0.39, 0.29) is 0 Å². The van der Waals surface area contributed by atoms with Crippen LogP contribution in [0.15, 0.2) is 45.2 Å². The van der Waals surface area contributed by atoms with Gasteiger partial charge in [0, 0.05) is 16.7 Å². The highest BCUT2D eigenvalue weighted by atomic mass is 79.9. The van der Waals surface area contributed by atoms with E-state index in [0.717, 1.165) is 14.4 Å². The lowest BCUT2D eigenvalue weighted by Gasteiger charge is -1.95. The van der Waals surface area contributed by atoms with Crippen molar-refractivity contribution in [2.45, 2.75) is 0 Å². The van der Waals surface area contributed by atoms with Gasteiger partial charge in [0.05, 0.1) is 9.47 Å². The van der Waals surface area contributed by atoms with Crippen LogP contribution in [0, 0.1) is 0 Å². The Kier molecular flexibility index (Phi) is 3.71. The van der Waals surface area contributed by atoms with Crippen molar-refractivity contribution in [2.24, 2.45) is 10.7 Å². The Hall–Kier alpha value is -1.46. The van der Waals surface area contributed by atoms with E-state index in [1.165, 1.54) is 0 Å². The Labute approximate surface area is 111 Å². The van der Waals surface area contributed by atoms with Gasteiger partial charge < -0.3 is 5.73 Å². The number of amides is 1. The van der Waals surface area contributed by atoms with Gasteiger partial charge in [-0.3, -0.25) is 9.79 Å². The number of thiophene rings is 1. The van der Waals surface area contributed by atoms with Crippen LogP contribution >= 0.6 is 27.3 Å². The second-order valence-electron chi connectivity index (χ2n) is 3.31. The first kappa shape index (κ1) is 12.0. The van der Waals surface area contributed by atoms with E-state index in [9.17, 15) is 4.79 Å². The van der Waals surface area contributed by atoms with Gasteiger partial charge in [-0.1, -0.05) is 0 Å². The van der Waals surface area contributed by atoms with Crippen molar-refractivity contribution in [3.63, 3.8) is 0 Å². The molecule has 0 aliphatic heterocycles. The summed E-state index contributed by atoms with van der Waals surface area (Å²) in [5, 5.41) is 0. The molecule has 1 aromatic carbocycles. The van der Waals surface area contributed by atoms with Gasteiger partial charge in [-0.05, 0) is 52.3 Å². The summed E-state index contributed by atoms with van der Waals surface area (Å²) in [5.41, 5.74) is 6.43. The normalized spacial score (nSPS) is 10.9. The molecule has 1 aromatic heterocycles. The van der Waals surface area contributed by atoms with Crippen LogP contribution in [0.3, 0.4) is 0 Å². The lowest BCUT2D eigenvalue weighted by Crippen LogP contribution is -2.10. The third kappa shape index (κ3) is 3.25. The maximum absolute atomic E-state index is 10.9. The van der Waals surface area contributed by atoms with Gasteiger partial charge >= 0.3 is 0 Å². The molecule has 86 valence electrons. The van der Waals surface area contributed by atoms with E-state index in [4.69, 9.17) is 5.73 Å². The number of nitrogens with two attached hydrogens (primary N) is 1. The highest BCUT2D eigenvalue weighted by Gasteiger charge is 1.98. The number of halogens is 1. The summed E-state index contributed by atoms with van der Waals surface area (Å²) in [5.74, 6) is -0.428. The molecule has 0 spiro atoms. The SMILES string of the molecule is NC(=O)c1ccc(N=Cc2ccc(Br)s2)cc1. The molecule has 0 aliphatic rings. The summed E-state index contributed by atoms with van der Waals surface area (Å²) in [6, 6.07) is 10.8. The van der Waals surface area contributed by atoms with Crippen LogP contribution in [0.4, 0.5) is 5.69 Å². The van der Waals surface area contributed by atoms with Crippen molar-refractivity contribution in [3.8, 4) is 0 Å². The Morgan fingerprint density at radius 2 is 1.94 bits per heavy atom. The van der Waals surface area contributed by atoms with Gasteiger partial charge in [0.25, 0.3) is 0 Å². The van der Waals surface area contributed by atoms with E-state index in [1.807, 2.05) is 12.1 Å². The zero-order valence-corrected chi connectivity index (χ0v) is 11.2. The van der Waals surface area contributed by atoms with Crippen molar-refractivity contribution >= 4 is 45.1 Å². The zero-order valence-electron chi connectivity index (χ0n) is 8.76. The summed E-state index contributed by atoms with van der Waals surface area (Å²) in [7, 11) is 0. The molecule has 2 aromatic rings. The summed E-state index contributed by atoms with van der Waals surface area (Å²) < 4.78 is 1.07. The van der Waals surface area contributed by atoms with Gasteiger partial charge in [-0.25, -0.2) is 0 Å². The Morgan fingerprint density at radius 3 is 2.47 bits per heavy atom. The molecule has 0 unspecified atom stereocenters. The van der Waals surface area contributed by atoms with Crippen molar-refractivity contribution < 1.29 is 4.79 Å². The number of nitrogens with zero attached hydrogens (tertiary/aromatic N) is 1. The molecule has 2 N–H and O–H groups in total. The monoisotopic (exact) mass is 308 g/mol. The molecule has 3 nitrogen and oxygen atoms in total. The second-order valence-corrected chi connectivity index (χ2v) is 5.81. The Balaban J connectivity index is 2.13. The van der Waals surface area contributed by atoms with Crippen LogP contribution in [0.5, 0.6) is 0 Å². The average molecular weight is 309 g/mol. The molecular formula is C12H9BrN2OS. The molecule has 1 heterocycles. The lowest BCUT2D eigenvalue weighted by atomic mass is 10.2. The van der Waals surface area contributed by atoms with E-state index < -0.39 is 5.91 Å². The number of hydrogen-bond acceptors (Lipinski definition) is 3. The number of carbonyl (C=O) groups excluding carboxylic acids is 1. The third-order valence-electron chi connectivity index (χ3n) is 2.09. The molecule has 0 radical (unpaired) electrons. The largest absolute Gasteiger partial charge is 0.366 e. The quantitative estimate of drug-likeness (QED) is 0.868. The van der Waals surface area contributed by atoms with Crippen LogP contribution in [0.25, 0.3) is 0 Å². The minimum atomic E-state index is -0.428. The van der Waals surface area contributed by atoms with Crippen LogP contribution in [0.1, 0.15) is 15.2 Å². The number of rotatable bonds is 3. The number of aliphatic imine (C=N–C) groups is 1. The molecule has 0 fully saturated rings. The number of primary amides is 1. The van der Waals surface area contributed by atoms with Crippen molar-refractivity contribution in [3.05, 3.63) is 50.6 Å². The average Bonchev–Trinajstić information content (AvgIpc) is 2.73. The maximum atomic E-state index is 10.9. The fraction of sp³-hybridized carbons (Fsp3) is 0. The van der Waals surface area contributed by atoms with Crippen LogP contribution in [-0.4, -0.2) is 12.1 Å². The summed E-state index contributed by atoms with van der Waals surface area (Å²) in [6.45, 7) is 0. The second kappa shape index (κ2) is 5.25. The topological polar surface area (TPSA) is 55.5 Å². The van der Waals surface area contributed by atoms with Crippen LogP contribution in [-0.2, 0) is 0 Å². The van der Waals surface area contributed by atoms with Crippen molar-refractivity contribution in [1.29, 1.82) is 0 Å². The zero-order chi connectivity index (χ0) is 12.3. The molecule has 2 rings (SSSR count). The van der Waals surface area contributed by atoms with E-state index >= 15 is 0 Å². The van der Waals surface area contributed by atoms with Crippen LogP contribution < -0.4 is 5.73 Å². The molecule has 17 heavy (non-hydrogen) atoms. The summed E-state index contributed by atoms with van der Waals surface area (Å²) >= 11 is 5.00. The van der Waals surface area contributed by atoms with Crippen molar-refractivity contribution in [2.75, 3.05) is 0 Å². The minimum absolute atomic E-state index is 0.428. The van der Waals surface area contributed by atoms with Crippen molar-refractivity contribution in [1.82, 2.24) is 0 Å². The minimum Gasteiger partial charge on any atom is -0.366 e. The molecule has 5 heteroatoms. The van der Waals surface area contributed by atoms with E-state index in [0.29, 0.717) is 5.56 Å². The summed E-state index contributed by atoms with van der Waals surface area (Å²) in [4.78, 5) is 16.2. The molecular weight excluding hydrogens is 300 g/mol. The van der Waals surface area contributed by atoms with Gasteiger partial charge in [0.2, 0.25) is 5.91 Å². The smallest absolute Gasteiger partial charge is 0.248 e. The fourth-order valence-corrected chi connectivity index (χ4v) is 2.54. The van der Waals surface area contributed by atoms with Gasteiger partial charge in [0.15, 0.2) is 0 Å². The highest BCUT2D eigenvalue weighted by Crippen LogP contribution is 2.21. The predicted molar refractivity (Wildman–Crippen MR) is 74.2 cm³/mol. The summed E-state index contributed by atoms with van der Waals surface area (Å²) in [6.07, 6.45) is 1.79. The number of carbonyl (C=O) groups is 1. The Morgan fingerprint density at radius 1 is 1.24 bits per heavy atom. The molecule has 0 atom stereocenters. The molecule has 0 aliphatic carbocycles. The number of hydrogen-bond donors (Lipinski definition) is 1. The molecule has 0 saturated heterocycles. The first-order chi connectivity index (χ1) is 8.15. The Bertz CT molecular complexity index is 560. The first-order valence-electron chi connectivity index (χ1n) is 4.84. The molecule has 0 saturated carbocycles. The van der Waals surface area contributed by atoms with Crippen LogP contribution in [0.2, 0.25) is 0 Å². The predicted octanol–water partition coefficient (Wildman–Crippen LogP) is 3.36. The molecule has 1 amide bonds. The van der Waals surface area contributed by atoms with Gasteiger partial charge in [-0.2, -0.15) is 0 Å².